The Morgan fingerprint density at radius 3 is 1.22 bits per heavy atom. The zero-order valence-corrected chi connectivity index (χ0v) is 73.2. The van der Waals surface area contributed by atoms with Crippen molar-refractivity contribution in [3.63, 3.8) is 0 Å². The van der Waals surface area contributed by atoms with Crippen LogP contribution in [0.4, 0.5) is 78.6 Å². The lowest BCUT2D eigenvalue weighted by Gasteiger charge is -2.44. The predicted octanol–water partition coefficient (Wildman–Crippen LogP) is 12.0. The van der Waals surface area contributed by atoms with Crippen LogP contribution in [0.2, 0.25) is 0 Å². The molecule has 700 valence electrons. The number of hydrogen-bond donors (Lipinski definition) is 5. The van der Waals surface area contributed by atoms with Crippen molar-refractivity contribution in [1.82, 2.24) is 55.1 Å². The first kappa shape index (κ1) is 95.4. The normalized spacial score (nSPS) is 20.2. The zero-order valence-electron chi connectivity index (χ0n) is 73.2. The fraction of sp³-hybridized carbons (Fsp3) is 0.398. The third kappa shape index (κ3) is 21.0. The largest absolute Gasteiger partial charge is 0.481 e. The van der Waals surface area contributed by atoms with E-state index in [1.807, 2.05) is 56.5 Å². The second kappa shape index (κ2) is 39.8. The first-order chi connectivity index (χ1) is 63.2. The number of carbonyl (C=O) groups excluding carboxylic acids is 11. The fourth-order valence-electron chi connectivity index (χ4n) is 17.9. The standard InChI is InChI=1S/C46H46F5N9O6.C30H33F5N6O.C17H16N2O6/c1-25-23-59(24-26(2)56(25)3)37-20-34(48)32(19-35(37)54-41(63)30-11-10-29(47)18-33(30)46(49,50)51)28-21-52-45(53-22-28)58-16-14-57(15-17-58)39(62)9-5-7-27-6-4-8-31-40(27)44(66)60(43(31)65)36-12-13-38(61)55-42(36)64;1-18-16-41(17-19(2)39(18)3)27-13-25(32)23(20-14-36-29(37-15-20)40-9-5-4-6-10-40)12-26(27)38-28(42)22-8-7-21(31)11-24(22)30(33,34)35;20-12-8-7-11(15(23)18-12)19-16(24)10-5-1-3-9(14(10)17(19)25)4-2-6-13(21)22/h4,6,8,10-11,18-22,25-26,36H,5,7,9,12-17,23-24H2,1-3H3,(H,54,63)(H,55,61,64);7-8,11-15,18-19H,4-6,9-10,16-17H2,1-3H3,(H,38,42);1,3,5,11H,2,4,6-8H2,(H,21,22)(H,18,20,23)/t25-,26+,36?;18-,19+;. The number of aromatic nitrogens is 4. The van der Waals surface area contributed by atoms with Gasteiger partial charge in [-0.15, -0.1) is 0 Å². The maximum atomic E-state index is 16.1. The van der Waals surface area contributed by atoms with Gasteiger partial charge in [-0.3, -0.25) is 87.8 Å². The quantitative estimate of drug-likeness (QED) is 0.0349. The number of carbonyl (C=O) groups is 12. The highest BCUT2D eigenvalue weighted by Gasteiger charge is 2.48. The van der Waals surface area contributed by atoms with Gasteiger partial charge in [0.05, 0.1) is 67.3 Å². The van der Waals surface area contributed by atoms with Crippen LogP contribution in [0.1, 0.15) is 183 Å². The number of fused-ring (bicyclic) bond motifs is 2. The van der Waals surface area contributed by atoms with Crippen LogP contribution in [0.5, 0.6) is 0 Å². The van der Waals surface area contributed by atoms with Crippen LogP contribution in [-0.2, 0) is 54.0 Å². The van der Waals surface area contributed by atoms with Gasteiger partial charge < -0.3 is 40.2 Å². The highest BCUT2D eigenvalue weighted by molar-refractivity contribution is 6.25. The van der Waals surface area contributed by atoms with E-state index >= 15 is 8.78 Å². The van der Waals surface area contributed by atoms with Crippen molar-refractivity contribution in [3.8, 4) is 22.3 Å². The van der Waals surface area contributed by atoms with Crippen molar-refractivity contribution in [2.75, 3.05) is 110 Å². The average molecular weight is 1850 g/mol. The molecule has 10 heterocycles. The van der Waals surface area contributed by atoms with Crippen LogP contribution in [-0.4, -0.2) is 236 Å². The van der Waals surface area contributed by atoms with Crippen LogP contribution in [0, 0.1) is 23.3 Å². The summed E-state index contributed by atoms with van der Waals surface area (Å²) < 4.78 is 142. The number of likely N-dealkylation sites (N-methyl/N-ethyl adjacent to an activating group) is 2. The molecule has 2 aromatic heterocycles. The number of imide groups is 4. The lowest BCUT2D eigenvalue weighted by atomic mass is 9.98. The number of nitrogens with zero attached hydrogens (tertiary/aromatic N) is 13. The Bertz CT molecular complexity index is 5890. The Morgan fingerprint density at radius 2 is 0.842 bits per heavy atom. The van der Waals surface area contributed by atoms with Crippen molar-refractivity contribution in [3.05, 3.63) is 201 Å². The fourth-order valence-corrected chi connectivity index (χ4v) is 17.9. The lowest BCUT2D eigenvalue weighted by molar-refractivity contribution is -0.138. The molecule has 8 aliphatic heterocycles. The summed E-state index contributed by atoms with van der Waals surface area (Å²) in [6, 6.07) is 16.7. The molecule has 0 aliphatic carbocycles. The number of carboxylic acid groups (broad SMARTS) is 1. The summed E-state index contributed by atoms with van der Waals surface area (Å²) in [5, 5.41) is 18.2. The minimum Gasteiger partial charge on any atom is -0.481 e. The molecule has 6 aromatic carbocycles. The molecule has 11 amide bonds. The van der Waals surface area contributed by atoms with Gasteiger partial charge in [-0.25, -0.2) is 37.5 Å². The molecular weight excluding hydrogens is 1750 g/mol. The molecular formula is C93H95F10N17O13. The summed E-state index contributed by atoms with van der Waals surface area (Å²) in [6.07, 6.45) is 0.788. The number of rotatable bonds is 20. The number of carboxylic acids is 1. The maximum Gasteiger partial charge on any atom is 0.417 e. The Balaban J connectivity index is 0.000000180. The molecule has 8 aromatic rings. The van der Waals surface area contributed by atoms with Crippen molar-refractivity contribution in [1.29, 1.82) is 0 Å². The van der Waals surface area contributed by atoms with Gasteiger partial charge in [-0.1, -0.05) is 24.3 Å². The molecule has 6 atom stereocenters. The Morgan fingerprint density at radius 1 is 0.459 bits per heavy atom. The highest BCUT2D eigenvalue weighted by Crippen LogP contribution is 2.43. The van der Waals surface area contributed by atoms with E-state index in [0.29, 0.717) is 112 Å². The Hall–Kier alpha value is -13.7. The number of benzene rings is 6. The third-order valence-corrected chi connectivity index (χ3v) is 25.4. The van der Waals surface area contributed by atoms with Gasteiger partial charge in [-0.2, -0.15) is 26.3 Å². The van der Waals surface area contributed by atoms with Crippen molar-refractivity contribution >= 4 is 106 Å². The first-order valence-electron chi connectivity index (χ1n) is 43.5. The number of nitrogens with one attached hydrogen (secondary N) is 4. The Labute approximate surface area is 756 Å². The smallest absolute Gasteiger partial charge is 0.417 e. The molecule has 40 heteroatoms. The number of aliphatic carboxylic acids is 1. The molecule has 30 nitrogen and oxygen atoms in total. The summed E-state index contributed by atoms with van der Waals surface area (Å²) in [7, 11) is 3.94. The number of aryl methyl sites for hydroxylation is 2. The molecule has 6 fully saturated rings. The molecule has 0 saturated carbocycles. The molecule has 16 rings (SSSR count). The van der Waals surface area contributed by atoms with Crippen molar-refractivity contribution in [2.24, 2.45) is 0 Å². The predicted molar refractivity (Wildman–Crippen MR) is 466 cm³/mol. The van der Waals surface area contributed by atoms with Gasteiger partial charge in [0.1, 0.15) is 35.4 Å². The monoisotopic (exact) mass is 1850 g/mol. The SMILES string of the molecule is C[C@@H]1CN(c2cc(F)c(-c3cnc(N4CCCCC4)nc3)cc2NC(=O)c2ccc(F)cc2C(F)(F)F)C[C@H](C)N1C.C[C@@H]1CN(c2cc(F)c(-c3cnc(N4CCN(C(=O)CCCc5cccc6c5C(=O)N(C5CCC(=O)NC5=O)C6=O)CC4)nc3)cc2NC(=O)c2ccc(F)cc2C(F)(F)F)C[C@H](C)N1C.O=C(O)CCCc1cccc2c1C(=O)N(C1CCC(=O)NC1=O)C2=O. The number of piperidine rings is 3. The van der Waals surface area contributed by atoms with Crippen LogP contribution < -0.4 is 40.9 Å². The number of halogens is 10. The minimum atomic E-state index is -5.03. The van der Waals surface area contributed by atoms with Crippen LogP contribution in [0.15, 0.2) is 122 Å². The summed E-state index contributed by atoms with van der Waals surface area (Å²) in [5.41, 5.74) is -1.01. The molecule has 5 N–H and O–H groups in total. The minimum absolute atomic E-state index is 0.00954. The van der Waals surface area contributed by atoms with E-state index in [1.54, 1.807) is 29.2 Å². The molecule has 2 unspecified atom stereocenters. The van der Waals surface area contributed by atoms with Gasteiger partial charge in [0.2, 0.25) is 41.4 Å². The van der Waals surface area contributed by atoms with Gasteiger partial charge in [0, 0.05) is 162 Å². The lowest BCUT2D eigenvalue weighted by Crippen LogP contribution is -2.55. The molecule has 133 heavy (non-hydrogen) atoms. The van der Waals surface area contributed by atoms with Gasteiger partial charge in [0.15, 0.2) is 0 Å². The van der Waals surface area contributed by atoms with Crippen LogP contribution in [0.25, 0.3) is 22.3 Å². The number of hydrogen-bond acceptors (Lipinski definition) is 22. The summed E-state index contributed by atoms with van der Waals surface area (Å²) in [4.78, 5) is 184. The summed E-state index contributed by atoms with van der Waals surface area (Å²) in [5.74, 6) is -10.5. The van der Waals surface area contributed by atoms with Crippen molar-refractivity contribution in [2.45, 2.75) is 160 Å². The highest BCUT2D eigenvalue weighted by atomic mass is 19.4. The first-order valence-corrected chi connectivity index (χ1v) is 43.5. The molecule has 0 spiro atoms. The second-order valence-corrected chi connectivity index (χ2v) is 34.2. The number of piperazine rings is 3. The van der Waals surface area contributed by atoms with E-state index in [9.17, 15) is 92.7 Å². The van der Waals surface area contributed by atoms with Gasteiger partial charge >= 0.3 is 18.3 Å². The Kier molecular flexibility index (Phi) is 28.6. The van der Waals surface area contributed by atoms with E-state index in [4.69, 9.17) is 5.11 Å². The van der Waals surface area contributed by atoms with Gasteiger partial charge in [0.25, 0.3) is 35.4 Å². The second-order valence-electron chi connectivity index (χ2n) is 34.2. The third-order valence-electron chi connectivity index (χ3n) is 25.4. The molecule has 8 aliphatic rings. The van der Waals surface area contributed by atoms with Crippen molar-refractivity contribution < 1.29 is 107 Å². The van der Waals surface area contributed by atoms with E-state index in [1.165, 1.54) is 61.2 Å². The van der Waals surface area contributed by atoms with E-state index in [-0.39, 0.29) is 137 Å². The summed E-state index contributed by atoms with van der Waals surface area (Å²) >= 11 is 0. The number of anilines is 6. The molecule has 0 radical (unpaired) electrons. The van der Waals surface area contributed by atoms with Gasteiger partial charge in [-0.05, 0) is 184 Å². The van der Waals surface area contributed by atoms with E-state index in [0.717, 1.165) is 66.4 Å². The number of alkyl halides is 6. The van der Waals surface area contributed by atoms with E-state index < -0.39 is 135 Å². The zero-order chi connectivity index (χ0) is 95.5. The number of amides is 11. The van der Waals surface area contributed by atoms with Crippen LogP contribution >= 0.6 is 0 Å². The average Bonchev–Trinajstić information content (AvgIpc) is 1.63. The maximum absolute atomic E-state index is 16.1. The molecule has 0 bridgehead atoms. The molecule has 6 saturated heterocycles. The summed E-state index contributed by atoms with van der Waals surface area (Å²) in [6.45, 7) is 13.0. The van der Waals surface area contributed by atoms with Crippen LogP contribution in [0.3, 0.4) is 0 Å². The topological polar surface area (TPSA) is 354 Å². The van der Waals surface area contributed by atoms with E-state index in [2.05, 4.69) is 55.9 Å².